The van der Waals surface area contributed by atoms with Crippen molar-refractivity contribution in [1.29, 1.82) is 0 Å². The molecule has 2 aromatic rings. The molecule has 2 aromatic carbocycles. The molecular weight excluding hydrogens is 397 g/mol. The Hall–Kier alpha value is -2.60. The van der Waals surface area contributed by atoms with E-state index in [2.05, 4.69) is 0 Å². The van der Waals surface area contributed by atoms with Crippen LogP contribution in [0.25, 0.3) is 0 Å². The van der Waals surface area contributed by atoms with Gasteiger partial charge < -0.3 is 9.47 Å². The fourth-order valence-electron chi connectivity index (χ4n) is 2.62. The van der Waals surface area contributed by atoms with E-state index in [0.717, 1.165) is 11.0 Å². The highest BCUT2D eigenvalue weighted by Crippen LogP contribution is 2.27. The summed E-state index contributed by atoms with van der Waals surface area (Å²) in [5.74, 6) is -1.64. The molecule has 0 aliphatic heterocycles. The van der Waals surface area contributed by atoms with Gasteiger partial charge in [-0.25, -0.2) is 4.39 Å². The average Bonchev–Trinajstić information content (AvgIpc) is 2.57. The van der Waals surface area contributed by atoms with Crippen LogP contribution in [0.5, 0.6) is 5.75 Å². The second kappa shape index (κ2) is 9.27. The van der Waals surface area contributed by atoms with E-state index < -0.39 is 29.8 Å². The third kappa shape index (κ3) is 6.46. The van der Waals surface area contributed by atoms with Crippen molar-refractivity contribution in [1.82, 2.24) is 0 Å². The summed E-state index contributed by atoms with van der Waals surface area (Å²) in [6.07, 6.45) is -0.0822. The third-order valence-electron chi connectivity index (χ3n) is 3.63. The molecule has 0 spiro atoms. The van der Waals surface area contributed by atoms with Gasteiger partial charge in [0.05, 0.1) is 16.7 Å². The SMILES string of the molecule is CC(C)Oc1cccc(N(CC(=O)OC(C)(C)C)C(=O)c2c(F)cccc2Cl)c1. The van der Waals surface area contributed by atoms with Gasteiger partial charge in [-0.1, -0.05) is 23.7 Å². The minimum Gasteiger partial charge on any atom is -0.491 e. The first-order valence-corrected chi connectivity index (χ1v) is 9.60. The number of ether oxygens (including phenoxy) is 2. The summed E-state index contributed by atoms with van der Waals surface area (Å²) >= 11 is 6.07. The van der Waals surface area contributed by atoms with Crippen LogP contribution in [0.15, 0.2) is 42.5 Å². The number of hydrogen-bond acceptors (Lipinski definition) is 4. The molecule has 1 amide bonds. The van der Waals surface area contributed by atoms with Crippen LogP contribution < -0.4 is 9.64 Å². The third-order valence-corrected chi connectivity index (χ3v) is 3.95. The topological polar surface area (TPSA) is 55.8 Å². The molecule has 0 fully saturated rings. The predicted octanol–water partition coefficient (Wildman–Crippen LogP) is 5.25. The number of anilines is 1. The van der Waals surface area contributed by atoms with E-state index in [9.17, 15) is 14.0 Å². The van der Waals surface area contributed by atoms with Crippen LogP contribution in [0.2, 0.25) is 5.02 Å². The highest BCUT2D eigenvalue weighted by atomic mass is 35.5. The Morgan fingerprint density at radius 1 is 1.14 bits per heavy atom. The highest BCUT2D eigenvalue weighted by Gasteiger charge is 2.28. The molecule has 156 valence electrons. The number of halogens is 2. The summed E-state index contributed by atoms with van der Waals surface area (Å²) in [5, 5.41) is -0.0428. The summed E-state index contributed by atoms with van der Waals surface area (Å²) in [6, 6.07) is 10.6. The lowest BCUT2D eigenvalue weighted by Gasteiger charge is -2.26. The molecule has 0 aliphatic rings. The number of nitrogens with zero attached hydrogens (tertiary/aromatic N) is 1. The van der Waals surface area contributed by atoms with E-state index in [1.807, 2.05) is 13.8 Å². The lowest BCUT2D eigenvalue weighted by atomic mass is 10.1. The molecule has 0 heterocycles. The average molecular weight is 422 g/mol. The summed E-state index contributed by atoms with van der Waals surface area (Å²) in [4.78, 5) is 26.7. The fourth-order valence-corrected chi connectivity index (χ4v) is 2.86. The highest BCUT2D eigenvalue weighted by molar-refractivity contribution is 6.34. The molecule has 29 heavy (non-hydrogen) atoms. The van der Waals surface area contributed by atoms with Gasteiger partial charge in [0.15, 0.2) is 0 Å². The van der Waals surface area contributed by atoms with Gasteiger partial charge in [-0.2, -0.15) is 0 Å². The normalized spacial score (nSPS) is 11.3. The summed E-state index contributed by atoms with van der Waals surface area (Å²) in [6.45, 7) is 8.50. The molecule has 0 saturated carbocycles. The van der Waals surface area contributed by atoms with Gasteiger partial charge in [-0.15, -0.1) is 0 Å². The van der Waals surface area contributed by atoms with Gasteiger partial charge in [0.25, 0.3) is 5.91 Å². The summed E-state index contributed by atoms with van der Waals surface area (Å²) in [5.41, 5.74) is -0.685. The van der Waals surface area contributed by atoms with Crippen molar-refractivity contribution in [2.24, 2.45) is 0 Å². The van der Waals surface area contributed by atoms with Crippen molar-refractivity contribution in [3.05, 3.63) is 58.9 Å². The van der Waals surface area contributed by atoms with Crippen molar-refractivity contribution >= 4 is 29.2 Å². The summed E-state index contributed by atoms with van der Waals surface area (Å²) in [7, 11) is 0. The lowest BCUT2D eigenvalue weighted by molar-refractivity contribution is -0.152. The van der Waals surface area contributed by atoms with Crippen molar-refractivity contribution in [3.8, 4) is 5.75 Å². The molecule has 0 radical (unpaired) electrons. The molecular formula is C22H25ClFNO4. The van der Waals surface area contributed by atoms with Gasteiger partial charge in [0, 0.05) is 11.8 Å². The van der Waals surface area contributed by atoms with E-state index in [4.69, 9.17) is 21.1 Å². The number of carbonyl (C=O) groups is 2. The molecule has 0 aromatic heterocycles. The molecule has 2 rings (SSSR count). The van der Waals surface area contributed by atoms with Crippen molar-refractivity contribution in [3.63, 3.8) is 0 Å². The number of carbonyl (C=O) groups excluding carboxylic acids is 2. The number of benzene rings is 2. The molecule has 7 heteroatoms. The second-order valence-corrected chi connectivity index (χ2v) is 8.15. The van der Waals surface area contributed by atoms with Gasteiger partial charge in [-0.05, 0) is 58.9 Å². The van der Waals surface area contributed by atoms with Crippen LogP contribution in [0.3, 0.4) is 0 Å². The minimum atomic E-state index is -0.772. The van der Waals surface area contributed by atoms with Crippen LogP contribution in [-0.2, 0) is 9.53 Å². The van der Waals surface area contributed by atoms with Crippen molar-refractivity contribution in [2.75, 3.05) is 11.4 Å². The molecule has 0 atom stereocenters. The fraction of sp³-hybridized carbons (Fsp3) is 0.364. The van der Waals surface area contributed by atoms with E-state index >= 15 is 0 Å². The van der Waals surface area contributed by atoms with E-state index in [1.165, 1.54) is 12.1 Å². The number of esters is 1. The predicted molar refractivity (Wildman–Crippen MR) is 111 cm³/mol. The first-order chi connectivity index (χ1) is 13.5. The lowest BCUT2D eigenvalue weighted by Crippen LogP contribution is -2.39. The Labute approximate surface area is 175 Å². The number of hydrogen-bond donors (Lipinski definition) is 0. The van der Waals surface area contributed by atoms with Crippen molar-refractivity contribution in [2.45, 2.75) is 46.3 Å². The quantitative estimate of drug-likeness (QED) is 0.597. The van der Waals surface area contributed by atoms with Crippen LogP contribution in [0, 0.1) is 5.82 Å². The Balaban J connectivity index is 2.46. The Kier molecular flexibility index (Phi) is 7.25. The number of rotatable bonds is 6. The Bertz CT molecular complexity index is 872. The molecule has 0 aliphatic carbocycles. The molecule has 5 nitrogen and oxygen atoms in total. The second-order valence-electron chi connectivity index (χ2n) is 7.74. The van der Waals surface area contributed by atoms with Crippen LogP contribution in [0.1, 0.15) is 45.0 Å². The van der Waals surface area contributed by atoms with Crippen LogP contribution in [0.4, 0.5) is 10.1 Å². The maximum atomic E-state index is 14.4. The zero-order valence-electron chi connectivity index (χ0n) is 17.2. The minimum absolute atomic E-state index is 0.0428. The van der Waals surface area contributed by atoms with Gasteiger partial charge in [-0.3, -0.25) is 14.5 Å². The molecule has 0 bridgehead atoms. The van der Waals surface area contributed by atoms with Crippen LogP contribution in [-0.4, -0.2) is 30.1 Å². The van der Waals surface area contributed by atoms with E-state index in [-0.39, 0.29) is 16.7 Å². The largest absolute Gasteiger partial charge is 0.491 e. The maximum absolute atomic E-state index is 14.4. The Morgan fingerprint density at radius 2 is 1.79 bits per heavy atom. The van der Waals surface area contributed by atoms with Gasteiger partial charge in [0.2, 0.25) is 0 Å². The zero-order valence-corrected chi connectivity index (χ0v) is 17.9. The maximum Gasteiger partial charge on any atom is 0.326 e. The molecule has 0 unspecified atom stereocenters. The number of amides is 1. The first-order valence-electron chi connectivity index (χ1n) is 9.22. The van der Waals surface area contributed by atoms with E-state index in [0.29, 0.717) is 11.4 Å². The first kappa shape index (κ1) is 22.7. The van der Waals surface area contributed by atoms with Gasteiger partial charge >= 0.3 is 5.97 Å². The standard InChI is InChI=1S/C22H25ClFNO4/c1-14(2)28-16-9-6-8-15(12-16)25(13-19(26)29-22(3,4)5)21(27)20-17(23)10-7-11-18(20)24/h6-12,14H,13H2,1-5H3. The van der Waals surface area contributed by atoms with Gasteiger partial charge in [0.1, 0.15) is 23.7 Å². The zero-order chi connectivity index (χ0) is 21.8. The van der Waals surface area contributed by atoms with E-state index in [1.54, 1.807) is 45.0 Å². The van der Waals surface area contributed by atoms with Crippen LogP contribution >= 0.6 is 11.6 Å². The smallest absolute Gasteiger partial charge is 0.326 e. The molecule has 0 saturated heterocycles. The molecule has 0 N–H and O–H groups in total. The van der Waals surface area contributed by atoms with Crippen molar-refractivity contribution < 1.29 is 23.5 Å². The Morgan fingerprint density at radius 3 is 2.38 bits per heavy atom. The monoisotopic (exact) mass is 421 g/mol. The summed E-state index contributed by atoms with van der Waals surface area (Å²) < 4.78 is 25.4.